The Bertz CT molecular complexity index is 447. The number of nitrogens with zero attached hydrogens (tertiary/aromatic N) is 2. The summed E-state index contributed by atoms with van der Waals surface area (Å²) in [6.07, 6.45) is 3.63. The zero-order chi connectivity index (χ0) is 14.5. The van der Waals surface area contributed by atoms with Crippen LogP contribution < -0.4 is 5.32 Å². The van der Waals surface area contributed by atoms with E-state index in [1.807, 2.05) is 11.8 Å². The molecule has 0 unspecified atom stereocenters. The lowest BCUT2D eigenvalue weighted by Crippen LogP contribution is -2.08. The number of hydrogen-bond acceptors (Lipinski definition) is 4. The Kier molecular flexibility index (Phi) is 6.15. The second kappa shape index (κ2) is 7.64. The molecule has 2 rings (SSSR count). The fraction of sp³-hybridized carbons (Fsp3) is 0.733. The van der Waals surface area contributed by atoms with Crippen LogP contribution in [0.2, 0.25) is 0 Å². The van der Waals surface area contributed by atoms with Crippen LogP contribution in [0.3, 0.4) is 0 Å². The molecule has 1 N–H and O–H groups in total. The van der Waals surface area contributed by atoms with Crippen LogP contribution in [0.1, 0.15) is 57.5 Å². The lowest BCUT2D eigenvalue weighted by Gasteiger charge is -2.12. The molecule has 0 saturated heterocycles. The van der Waals surface area contributed by atoms with Crippen molar-refractivity contribution in [2.45, 2.75) is 51.7 Å². The Morgan fingerprint density at radius 3 is 2.70 bits per heavy atom. The fourth-order valence-corrected chi connectivity index (χ4v) is 3.49. The first kappa shape index (κ1) is 16.1. The molecule has 20 heavy (non-hydrogen) atoms. The van der Waals surface area contributed by atoms with E-state index in [-0.39, 0.29) is 0 Å². The standard InChI is InChI=1S/C15H24BrN3S/c1-4-7-17-15-13(16)14(11-5-6-11)18-12(19-15)9-20-8-10(2)3/h10-11H,4-9H2,1-3H3,(H,17,18,19). The van der Waals surface area contributed by atoms with E-state index in [4.69, 9.17) is 4.98 Å². The summed E-state index contributed by atoms with van der Waals surface area (Å²) in [7, 11) is 0. The highest BCUT2D eigenvalue weighted by Crippen LogP contribution is 2.44. The molecular weight excluding hydrogens is 334 g/mol. The Morgan fingerprint density at radius 2 is 2.10 bits per heavy atom. The van der Waals surface area contributed by atoms with E-state index in [2.05, 4.69) is 47.0 Å². The molecule has 0 amide bonds. The van der Waals surface area contributed by atoms with Gasteiger partial charge in [0.2, 0.25) is 0 Å². The van der Waals surface area contributed by atoms with Crippen molar-refractivity contribution in [1.29, 1.82) is 0 Å². The first-order valence-corrected chi connectivity index (χ1v) is 9.44. The number of thioether (sulfide) groups is 1. The molecule has 3 nitrogen and oxygen atoms in total. The molecule has 0 atom stereocenters. The van der Waals surface area contributed by atoms with Crippen molar-refractivity contribution in [3.8, 4) is 0 Å². The molecule has 0 radical (unpaired) electrons. The van der Waals surface area contributed by atoms with Crippen LogP contribution in [-0.2, 0) is 5.75 Å². The minimum atomic E-state index is 0.642. The number of anilines is 1. The summed E-state index contributed by atoms with van der Waals surface area (Å²) in [6, 6.07) is 0. The van der Waals surface area contributed by atoms with Crippen molar-refractivity contribution in [1.82, 2.24) is 9.97 Å². The Morgan fingerprint density at radius 1 is 1.35 bits per heavy atom. The van der Waals surface area contributed by atoms with E-state index in [0.29, 0.717) is 5.92 Å². The molecule has 0 aromatic carbocycles. The summed E-state index contributed by atoms with van der Waals surface area (Å²) in [5, 5.41) is 3.42. The Balaban J connectivity index is 2.11. The van der Waals surface area contributed by atoms with Crippen LogP contribution in [0.4, 0.5) is 5.82 Å². The van der Waals surface area contributed by atoms with Gasteiger partial charge in [0.05, 0.1) is 15.9 Å². The SMILES string of the molecule is CCCNc1nc(CSCC(C)C)nc(C2CC2)c1Br. The van der Waals surface area contributed by atoms with E-state index < -0.39 is 0 Å². The predicted octanol–water partition coefficient (Wildman–Crippen LogP) is 4.83. The molecule has 0 bridgehead atoms. The third-order valence-electron chi connectivity index (χ3n) is 3.11. The van der Waals surface area contributed by atoms with Gasteiger partial charge < -0.3 is 5.32 Å². The van der Waals surface area contributed by atoms with Gasteiger partial charge in [-0.1, -0.05) is 20.8 Å². The van der Waals surface area contributed by atoms with Crippen molar-refractivity contribution >= 4 is 33.5 Å². The van der Waals surface area contributed by atoms with Gasteiger partial charge in [0.25, 0.3) is 0 Å². The maximum atomic E-state index is 4.78. The van der Waals surface area contributed by atoms with Crippen molar-refractivity contribution in [3.63, 3.8) is 0 Å². The zero-order valence-electron chi connectivity index (χ0n) is 12.6. The summed E-state index contributed by atoms with van der Waals surface area (Å²) >= 11 is 5.61. The number of nitrogens with one attached hydrogen (secondary N) is 1. The molecule has 5 heteroatoms. The van der Waals surface area contributed by atoms with E-state index in [1.54, 1.807) is 0 Å². The highest BCUT2D eigenvalue weighted by molar-refractivity contribution is 9.10. The first-order valence-electron chi connectivity index (χ1n) is 7.49. The number of aromatic nitrogens is 2. The quantitative estimate of drug-likeness (QED) is 0.722. The van der Waals surface area contributed by atoms with E-state index in [9.17, 15) is 0 Å². The van der Waals surface area contributed by atoms with Gasteiger partial charge in [-0.05, 0) is 46.9 Å². The average Bonchev–Trinajstić information content (AvgIpc) is 3.22. The van der Waals surface area contributed by atoms with Crippen molar-refractivity contribution in [3.05, 3.63) is 16.0 Å². The van der Waals surface area contributed by atoms with E-state index >= 15 is 0 Å². The summed E-state index contributed by atoms with van der Waals surface area (Å²) in [5.41, 5.74) is 1.21. The highest BCUT2D eigenvalue weighted by Gasteiger charge is 2.29. The molecule has 1 aromatic heterocycles. The number of rotatable bonds is 8. The predicted molar refractivity (Wildman–Crippen MR) is 91.5 cm³/mol. The number of halogens is 1. The molecule has 1 aromatic rings. The third-order valence-corrected chi connectivity index (χ3v) is 5.26. The minimum Gasteiger partial charge on any atom is -0.369 e. The second-order valence-electron chi connectivity index (χ2n) is 5.80. The molecular formula is C15H24BrN3S. The molecule has 1 aliphatic carbocycles. The summed E-state index contributed by atoms with van der Waals surface area (Å²) < 4.78 is 1.08. The monoisotopic (exact) mass is 357 g/mol. The zero-order valence-corrected chi connectivity index (χ0v) is 15.0. The second-order valence-corrected chi connectivity index (χ2v) is 7.62. The molecule has 1 heterocycles. The smallest absolute Gasteiger partial charge is 0.144 e. The van der Waals surface area contributed by atoms with Crippen LogP contribution in [-0.4, -0.2) is 22.3 Å². The lowest BCUT2D eigenvalue weighted by molar-refractivity contribution is 0.749. The summed E-state index contributed by atoms with van der Waals surface area (Å²) in [6.45, 7) is 7.63. The molecule has 0 aliphatic heterocycles. The summed E-state index contributed by atoms with van der Waals surface area (Å²) in [5.74, 6) is 5.38. The normalized spacial score (nSPS) is 14.8. The van der Waals surface area contributed by atoms with Gasteiger partial charge in [0.15, 0.2) is 0 Å². The fourth-order valence-electron chi connectivity index (χ4n) is 1.95. The van der Waals surface area contributed by atoms with E-state index in [0.717, 1.165) is 46.5 Å². The van der Waals surface area contributed by atoms with Gasteiger partial charge in [-0.15, -0.1) is 0 Å². The van der Waals surface area contributed by atoms with Gasteiger partial charge in [-0.25, -0.2) is 9.97 Å². The van der Waals surface area contributed by atoms with Gasteiger partial charge in [-0.3, -0.25) is 0 Å². The van der Waals surface area contributed by atoms with Gasteiger partial charge in [0, 0.05) is 12.5 Å². The van der Waals surface area contributed by atoms with Crippen molar-refractivity contribution < 1.29 is 0 Å². The number of hydrogen-bond donors (Lipinski definition) is 1. The van der Waals surface area contributed by atoms with Gasteiger partial charge in [0.1, 0.15) is 11.6 Å². The Hall–Kier alpha value is -0.290. The molecule has 112 valence electrons. The van der Waals surface area contributed by atoms with Crippen LogP contribution in [0, 0.1) is 5.92 Å². The van der Waals surface area contributed by atoms with Crippen LogP contribution in [0.15, 0.2) is 4.47 Å². The van der Waals surface area contributed by atoms with Crippen LogP contribution >= 0.6 is 27.7 Å². The molecule has 1 saturated carbocycles. The van der Waals surface area contributed by atoms with E-state index in [1.165, 1.54) is 18.5 Å². The van der Waals surface area contributed by atoms with Crippen molar-refractivity contribution in [2.75, 3.05) is 17.6 Å². The topological polar surface area (TPSA) is 37.8 Å². The highest BCUT2D eigenvalue weighted by atomic mass is 79.9. The molecule has 1 aliphatic rings. The largest absolute Gasteiger partial charge is 0.369 e. The third kappa shape index (κ3) is 4.62. The average molecular weight is 358 g/mol. The summed E-state index contributed by atoms with van der Waals surface area (Å²) in [4.78, 5) is 9.47. The molecule has 0 spiro atoms. The maximum Gasteiger partial charge on any atom is 0.144 e. The van der Waals surface area contributed by atoms with Gasteiger partial charge in [-0.2, -0.15) is 11.8 Å². The first-order chi connectivity index (χ1) is 9.61. The molecule has 1 fully saturated rings. The van der Waals surface area contributed by atoms with Crippen LogP contribution in [0.5, 0.6) is 0 Å². The lowest BCUT2D eigenvalue weighted by atomic mass is 10.2. The van der Waals surface area contributed by atoms with Gasteiger partial charge >= 0.3 is 0 Å². The maximum absolute atomic E-state index is 4.78. The van der Waals surface area contributed by atoms with Crippen molar-refractivity contribution in [2.24, 2.45) is 5.92 Å². The Labute approximate surface area is 134 Å². The minimum absolute atomic E-state index is 0.642. The van der Waals surface area contributed by atoms with Crippen LogP contribution in [0.25, 0.3) is 0 Å².